The molecule has 0 spiro atoms. The van der Waals surface area contributed by atoms with Crippen molar-refractivity contribution < 1.29 is 4.79 Å². The Labute approximate surface area is 101 Å². The Morgan fingerprint density at radius 2 is 2.47 bits per heavy atom. The first-order chi connectivity index (χ1) is 8.09. The average Bonchev–Trinajstić information content (AvgIpc) is 2.86. The standard InChI is InChI=1S/C11H19N5O/c1-7-4-5-12-9(7)11(17)14-8(2)10-15-13-6-16(10)3/h6-9,12H,4-5H2,1-3H3,(H,14,17). The molecule has 1 amide bonds. The van der Waals surface area contributed by atoms with Gasteiger partial charge in [0.15, 0.2) is 5.82 Å². The van der Waals surface area contributed by atoms with Crippen molar-refractivity contribution in [3.63, 3.8) is 0 Å². The minimum atomic E-state index is -0.121. The zero-order valence-electron chi connectivity index (χ0n) is 10.5. The molecule has 1 aliphatic heterocycles. The number of nitrogens with zero attached hydrogens (tertiary/aromatic N) is 3. The molecule has 0 saturated carbocycles. The van der Waals surface area contributed by atoms with Crippen LogP contribution >= 0.6 is 0 Å². The van der Waals surface area contributed by atoms with Crippen molar-refractivity contribution in [3.05, 3.63) is 12.2 Å². The molecule has 1 aromatic heterocycles. The Bertz CT molecular complexity index is 402. The molecule has 3 atom stereocenters. The lowest BCUT2D eigenvalue weighted by atomic mass is 10.0. The Morgan fingerprint density at radius 1 is 1.71 bits per heavy atom. The molecule has 3 unspecified atom stereocenters. The number of amides is 1. The summed E-state index contributed by atoms with van der Waals surface area (Å²) in [5, 5.41) is 14.0. The summed E-state index contributed by atoms with van der Waals surface area (Å²) < 4.78 is 1.82. The highest BCUT2D eigenvalue weighted by Gasteiger charge is 2.30. The predicted molar refractivity (Wildman–Crippen MR) is 63.1 cm³/mol. The Kier molecular flexibility index (Phi) is 3.42. The lowest BCUT2D eigenvalue weighted by Gasteiger charge is -2.19. The van der Waals surface area contributed by atoms with Crippen LogP contribution in [-0.2, 0) is 11.8 Å². The van der Waals surface area contributed by atoms with Crippen molar-refractivity contribution in [1.82, 2.24) is 25.4 Å². The van der Waals surface area contributed by atoms with Gasteiger partial charge in [0, 0.05) is 7.05 Å². The van der Waals surface area contributed by atoms with Gasteiger partial charge in [-0.25, -0.2) is 0 Å². The molecule has 2 rings (SSSR count). The number of carbonyl (C=O) groups is 1. The first-order valence-electron chi connectivity index (χ1n) is 5.97. The zero-order valence-corrected chi connectivity index (χ0v) is 10.5. The quantitative estimate of drug-likeness (QED) is 0.775. The largest absolute Gasteiger partial charge is 0.345 e. The molecule has 0 bridgehead atoms. The van der Waals surface area contributed by atoms with Crippen molar-refractivity contribution in [3.8, 4) is 0 Å². The van der Waals surface area contributed by atoms with Gasteiger partial charge < -0.3 is 15.2 Å². The smallest absolute Gasteiger partial charge is 0.237 e. The fourth-order valence-corrected chi connectivity index (χ4v) is 2.24. The van der Waals surface area contributed by atoms with Crippen molar-refractivity contribution in [2.45, 2.75) is 32.4 Å². The van der Waals surface area contributed by atoms with Crippen molar-refractivity contribution in [1.29, 1.82) is 0 Å². The molecule has 6 heteroatoms. The van der Waals surface area contributed by atoms with E-state index in [1.165, 1.54) is 0 Å². The number of hydrogen-bond donors (Lipinski definition) is 2. The summed E-state index contributed by atoms with van der Waals surface area (Å²) >= 11 is 0. The molecule has 1 aliphatic rings. The van der Waals surface area contributed by atoms with Crippen LogP contribution in [0.2, 0.25) is 0 Å². The second-order valence-electron chi connectivity index (χ2n) is 4.73. The summed E-state index contributed by atoms with van der Waals surface area (Å²) in [6.07, 6.45) is 2.69. The average molecular weight is 237 g/mol. The highest BCUT2D eigenvalue weighted by molar-refractivity contribution is 5.82. The number of hydrogen-bond acceptors (Lipinski definition) is 4. The van der Waals surface area contributed by atoms with Crippen LogP contribution in [-0.4, -0.2) is 33.3 Å². The molecule has 17 heavy (non-hydrogen) atoms. The third-order valence-corrected chi connectivity index (χ3v) is 3.31. The number of aryl methyl sites for hydroxylation is 1. The molecule has 0 aliphatic carbocycles. The van der Waals surface area contributed by atoms with E-state index in [9.17, 15) is 4.79 Å². The van der Waals surface area contributed by atoms with Gasteiger partial charge in [-0.2, -0.15) is 0 Å². The molecule has 1 saturated heterocycles. The van der Waals surface area contributed by atoms with Gasteiger partial charge in [-0.1, -0.05) is 6.92 Å². The van der Waals surface area contributed by atoms with E-state index in [0.29, 0.717) is 5.92 Å². The van der Waals surface area contributed by atoms with Crippen molar-refractivity contribution in [2.75, 3.05) is 6.54 Å². The Morgan fingerprint density at radius 3 is 3.00 bits per heavy atom. The fraction of sp³-hybridized carbons (Fsp3) is 0.727. The van der Waals surface area contributed by atoms with Gasteiger partial charge in [-0.05, 0) is 25.8 Å². The van der Waals surface area contributed by atoms with Gasteiger partial charge in [0.05, 0.1) is 12.1 Å². The Hall–Kier alpha value is -1.43. The molecule has 1 aromatic rings. The second kappa shape index (κ2) is 4.83. The van der Waals surface area contributed by atoms with Gasteiger partial charge in [0.25, 0.3) is 0 Å². The van der Waals surface area contributed by atoms with Crippen LogP contribution in [0, 0.1) is 5.92 Å². The highest BCUT2D eigenvalue weighted by atomic mass is 16.2. The zero-order chi connectivity index (χ0) is 12.4. The van der Waals surface area contributed by atoms with Crippen molar-refractivity contribution >= 4 is 5.91 Å². The molecule has 0 aromatic carbocycles. The van der Waals surface area contributed by atoms with Crippen LogP contribution in [0.15, 0.2) is 6.33 Å². The maximum atomic E-state index is 12.0. The van der Waals surface area contributed by atoms with Crippen LogP contribution in [0.1, 0.15) is 32.1 Å². The topological polar surface area (TPSA) is 71.8 Å². The predicted octanol–water partition coefficient (Wildman–Crippen LogP) is -0.00970. The van der Waals surface area contributed by atoms with Gasteiger partial charge in [0.1, 0.15) is 6.33 Å². The SMILES string of the molecule is CC(NC(=O)C1NCCC1C)c1nncn1C. The lowest BCUT2D eigenvalue weighted by molar-refractivity contribution is -0.124. The summed E-state index contributed by atoms with van der Waals surface area (Å²) in [5.41, 5.74) is 0. The summed E-state index contributed by atoms with van der Waals surface area (Å²) in [6, 6.07) is -0.199. The van der Waals surface area contributed by atoms with E-state index in [1.54, 1.807) is 6.33 Å². The molecule has 2 heterocycles. The first kappa shape index (κ1) is 12.0. The summed E-state index contributed by atoms with van der Waals surface area (Å²) in [6.45, 7) is 4.93. The maximum absolute atomic E-state index is 12.0. The van der Waals surface area contributed by atoms with E-state index >= 15 is 0 Å². The van der Waals surface area contributed by atoms with Gasteiger partial charge >= 0.3 is 0 Å². The molecule has 94 valence electrons. The van der Waals surface area contributed by atoms with Crippen LogP contribution in [0.4, 0.5) is 0 Å². The van der Waals surface area contributed by atoms with E-state index in [1.807, 2.05) is 18.5 Å². The van der Waals surface area contributed by atoms with E-state index in [4.69, 9.17) is 0 Å². The van der Waals surface area contributed by atoms with Crippen LogP contribution in [0.5, 0.6) is 0 Å². The van der Waals surface area contributed by atoms with Crippen LogP contribution in [0.3, 0.4) is 0 Å². The first-order valence-corrected chi connectivity index (χ1v) is 5.97. The normalized spacial score (nSPS) is 25.8. The molecule has 2 N–H and O–H groups in total. The number of aromatic nitrogens is 3. The van der Waals surface area contributed by atoms with E-state index in [0.717, 1.165) is 18.8 Å². The van der Waals surface area contributed by atoms with Gasteiger partial charge in [-0.15, -0.1) is 10.2 Å². The van der Waals surface area contributed by atoms with E-state index < -0.39 is 0 Å². The maximum Gasteiger partial charge on any atom is 0.237 e. The summed E-state index contributed by atoms with van der Waals surface area (Å²) in [7, 11) is 1.87. The third-order valence-electron chi connectivity index (χ3n) is 3.31. The molecule has 6 nitrogen and oxygen atoms in total. The number of carbonyl (C=O) groups excluding carboxylic acids is 1. The summed E-state index contributed by atoms with van der Waals surface area (Å²) in [4.78, 5) is 12.0. The van der Waals surface area contributed by atoms with Gasteiger partial charge in [0.2, 0.25) is 5.91 Å². The second-order valence-corrected chi connectivity index (χ2v) is 4.73. The van der Waals surface area contributed by atoms with Crippen LogP contribution < -0.4 is 10.6 Å². The molecular formula is C11H19N5O. The van der Waals surface area contributed by atoms with Gasteiger partial charge in [-0.3, -0.25) is 4.79 Å². The summed E-state index contributed by atoms with van der Waals surface area (Å²) in [5.74, 6) is 1.20. The monoisotopic (exact) mass is 237 g/mol. The highest BCUT2D eigenvalue weighted by Crippen LogP contribution is 2.16. The number of rotatable bonds is 3. The van der Waals surface area contributed by atoms with E-state index in [-0.39, 0.29) is 18.0 Å². The lowest BCUT2D eigenvalue weighted by Crippen LogP contribution is -2.44. The minimum absolute atomic E-state index is 0.0468. The fourth-order valence-electron chi connectivity index (χ4n) is 2.24. The number of nitrogens with one attached hydrogen (secondary N) is 2. The Balaban J connectivity index is 1.97. The van der Waals surface area contributed by atoms with E-state index in [2.05, 4.69) is 27.8 Å². The van der Waals surface area contributed by atoms with Crippen molar-refractivity contribution in [2.24, 2.45) is 13.0 Å². The molecule has 1 fully saturated rings. The third kappa shape index (κ3) is 2.46. The minimum Gasteiger partial charge on any atom is -0.345 e. The molecule has 0 radical (unpaired) electrons. The molecular weight excluding hydrogens is 218 g/mol. The van der Waals surface area contributed by atoms with Crippen LogP contribution in [0.25, 0.3) is 0 Å².